The van der Waals surface area contributed by atoms with Crippen molar-refractivity contribution >= 4 is 10.0 Å². The molecule has 1 N–H and O–H groups in total. The van der Waals surface area contributed by atoms with Gasteiger partial charge in [-0.3, -0.25) is 0 Å². The molecule has 116 valence electrons. The van der Waals surface area contributed by atoms with E-state index in [9.17, 15) is 8.42 Å². The first-order chi connectivity index (χ1) is 9.67. The summed E-state index contributed by atoms with van der Waals surface area (Å²) in [5.41, 5.74) is 0. The van der Waals surface area contributed by atoms with Crippen molar-refractivity contribution in [1.82, 2.24) is 9.62 Å². The first-order valence-electron chi connectivity index (χ1n) is 8.01. The summed E-state index contributed by atoms with van der Waals surface area (Å²) in [5.74, 6) is 0.177. The lowest BCUT2D eigenvalue weighted by atomic mass is 9.97. The molecule has 20 heavy (non-hydrogen) atoms. The highest BCUT2D eigenvalue weighted by molar-refractivity contribution is 7.89. The zero-order chi connectivity index (χ0) is 14.0. The standard InChI is InChI=1S/C14H26N2O3S/c17-20(18,11-12-5-4-10-19-12)16-9-2-1-7-14(16)13-6-3-8-15-13/h12-15H,1-11H2. The fourth-order valence-electron chi connectivity index (χ4n) is 3.82. The van der Waals surface area contributed by atoms with Gasteiger partial charge in [-0.15, -0.1) is 0 Å². The molecule has 0 saturated carbocycles. The van der Waals surface area contributed by atoms with Gasteiger partial charge in [0, 0.05) is 25.2 Å². The molecule has 3 unspecified atom stereocenters. The number of piperidine rings is 1. The van der Waals surface area contributed by atoms with Gasteiger partial charge in [0.2, 0.25) is 10.0 Å². The normalized spacial score (nSPS) is 36.5. The molecule has 3 saturated heterocycles. The summed E-state index contributed by atoms with van der Waals surface area (Å²) in [6.07, 6.45) is 7.22. The van der Waals surface area contributed by atoms with Crippen LogP contribution in [0.3, 0.4) is 0 Å². The van der Waals surface area contributed by atoms with E-state index in [1.807, 2.05) is 0 Å². The quantitative estimate of drug-likeness (QED) is 0.845. The molecule has 0 radical (unpaired) electrons. The van der Waals surface area contributed by atoms with Crippen molar-refractivity contribution in [3.05, 3.63) is 0 Å². The van der Waals surface area contributed by atoms with Gasteiger partial charge in [-0.1, -0.05) is 6.42 Å². The number of sulfonamides is 1. The van der Waals surface area contributed by atoms with Crippen LogP contribution in [-0.4, -0.2) is 56.4 Å². The van der Waals surface area contributed by atoms with E-state index in [4.69, 9.17) is 4.74 Å². The SMILES string of the molecule is O=S(=O)(CC1CCCO1)N1CCCCC1C1CCCN1. The van der Waals surface area contributed by atoms with Crippen LogP contribution in [0.1, 0.15) is 44.9 Å². The molecule has 5 nitrogen and oxygen atoms in total. The van der Waals surface area contributed by atoms with Gasteiger partial charge in [0.25, 0.3) is 0 Å². The summed E-state index contributed by atoms with van der Waals surface area (Å²) in [4.78, 5) is 0. The van der Waals surface area contributed by atoms with Gasteiger partial charge in [0.05, 0.1) is 11.9 Å². The molecule has 3 aliphatic rings. The maximum atomic E-state index is 12.7. The number of hydrogen-bond donors (Lipinski definition) is 1. The lowest BCUT2D eigenvalue weighted by Gasteiger charge is -2.38. The van der Waals surface area contributed by atoms with E-state index in [1.54, 1.807) is 4.31 Å². The average Bonchev–Trinajstić information content (AvgIpc) is 3.11. The van der Waals surface area contributed by atoms with Crippen LogP contribution in [0.5, 0.6) is 0 Å². The number of rotatable bonds is 4. The van der Waals surface area contributed by atoms with Crippen molar-refractivity contribution in [2.45, 2.75) is 63.1 Å². The zero-order valence-corrected chi connectivity index (χ0v) is 12.9. The Balaban J connectivity index is 1.70. The van der Waals surface area contributed by atoms with E-state index < -0.39 is 10.0 Å². The lowest BCUT2D eigenvalue weighted by molar-refractivity contribution is 0.124. The van der Waals surface area contributed by atoms with Crippen LogP contribution < -0.4 is 5.32 Å². The summed E-state index contributed by atoms with van der Waals surface area (Å²) in [7, 11) is -3.19. The molecule has 3 fully saturated rings. The first kappa shape index (κ1) is 14.8. The van der Waals surface area contributed by atoms with Gasteiger partial charge in [-0.2, -0.15) is 4.31 Å². The Morgan fingerprint density at radius 3 is 2.70 bits per heavy atom. The van der Waals surface area contributed by atoms with Gasteiger partial charge in [-0.25, -0.2) is 8.42 Å². The maximum Gasteiger partial charge on any atom is 0.216 e. The number of nitrogens with zero attached hydrogens (tertiary/aromatic N) is 1. The van der Waals surface area contributed by atoms with E-state index in [-0.39, 0.29) is 17.9 Å². The molecule has 3 heterocycles. The molecule has 0 spiro atoms. The fraction of sp³-hybridized carbons (Fsp3) is 1.00. The Morgan fingerprint density at radius 2 is 2.00 bits per heavy atom. The van der Waals surface area contributed by atoms with Crippen LogP contribution in [0.25, 0.3) is 0 Å². The van der Waals surface area contributed by atoms with E-state index in [0.29, 0.717) is 19.2 Å². The molecule has 0 bridgehead atoms. The van der Waals surface area contributed by atoms with Gasteiger partial charge in [0.15, 0.2) is 0 Å². The monoisotopic (exact) mass is 302 g/mol. The van der Waals surface area contributed by atoms with E-state index in [0.717, 1.165) is 45.1 Å². The molecule has 0 aromatic heterocycles. The molecule has 0 aliphatic carbocycles. The molecule has 0 amide bonds. The van der Waals surface area contributed by atoms with Crippen LogP contribution in [0.15, 0.2) is 0 Å². The summed E-state index contributed by atoms with van der Waals surface area (Å²) in [6.45, 7) is 2.44. The third-order valence-electron chi connectivity index (χ3n) is 4.84. The lowest BCUT2D eigenvalue weighted by Crippen LogP contribution is -2.53. The van der Waals surface area contributed by atoms with Crippen molar-refractivity contribution < 1.29 is 13.2 Å². The molecule has 6 heteroatoms. The zero-order valence-electron chi connectivity index (χ0n) is 12.1. The van der Waals surface area contributed by atoms with Crippen molar-refractivity contribution in [2.24, 2.45) is 0 Å². The summed E-state index contributed by atoms with van der Waals surface area (Å²) >= 11 is 0. The second-order valence-electron chi connectivity index (χ2n) is 6.29. The van der Waals surface area contributed by atoms with Crippen molar-refractivity contribution in [1.29, 1.82) is 0 Å². The maximum absolute atomic E-state index is 12.7. The Morgan fingerprint density at radius 1 is 1.10 bits per heavy atom. The highest BCUT2D eigenvalue weighted by atomic mass is 32.2. The predicted molar refractivity (Wildman–Crippen MR) is 78.1 cm³/mol. The number of nitrogens with one attached hydrogen (secondary N) is 1. The van der Waals surface area contributed by atoms with Crippen LogP contribution in [-0.2, 0) is 14.8 Å². The average molecular weight is 302 g/mol. The third kappa shape index (κ3) is 3.18. The van der Waals surface area contributed by atoms with Gasteiger partial charge in [0.1, 0.15) is 0 Å². The predicted octanol–water partition coefficient (Wildman–Crippen LogP) is 1.10. The highest BCUT2D eigenvalue weighted by Gasteiger charge is 2.39. The molecule has 3 aliphatic heterocycles. The van der Waals surface area contributed by atoms with E-state index in [2.05, 4.69) is 5.32 Å². The second-order valence-corrected chi connectivity index (χ2v) is 8.26. The van der Waals surface area contributed by atoms with Gasteiger partial charge < -0.3 is 10.1 Å². The Bertz CT molecular complexity index is 414. The smallest absolute Gasteiger partial charge is 0.216 e. The number of ether oxygens (including phenoxy) is 1. The molecular weight excluding hydrogens is 276 g/mol. The topological polar surface area (TPSA) is 58.6 Å². The summed E-state index contributed by atoms with van der Waals surface area (Å²) in [5, 5.41) is 3.48. The molecule has 0 aromatic carbocycles. The Hall–Kier alpha value is -0.170. The Kier molecular flexibility index (Phi) is 4.65. The second kappa shape index (κ2) is 6.30. The molecule has 3 atom stereocenters. The minimum absolute atomic E-state index is 0.0842. The Labute approximate surface area is 122 Å². The van der Waals surface area contributed by atoms with Gasteiger partial charge in [-0.05, 0) is 45.1 Å². The van der Waals surface area contributed by atoms with Crippen molar-refractivity contribution in [3.8, 4) is 0 Å². The van der Waals surface area contributed by atoms with Crippen molar-refractivity contribution in [2.75, 3.05) is 25.4 Å². The van der Waals surface area contributed by atoms with Crippen LogP contribution in [0.2, 0.25) is 0 Å². The third-order valence-corrected chi connectivity index (χ3v) is 6.80. The molecule has 3 rings (SSSR count). The largest absolute Gasteiger partial charge is 0.377 e. The first-order valence-corrected chi connectivity index (χ1v) is 9.62. The molecule has 0 aromatic rings. The van der Waals surface area contributed by atoms with E-state index >= 15 is 0 Å². The van der Waals surface area contributed by atoms with Crippen molar-refractivity contribution in [3.63, 3.8) is 0 Å². The summed E-state index contributed by atoms with van der Waals surface area (Å²) < 4.78 is 32.8. The van der Waals surface area contributed by atoms with Crippen LogP contribution in [0, 0.1) is 0 Å². The van der Waals surface area contributed by atoms with Crippen LogP contribution in [0.4, 0.5) is 0 Å². The van der Waals surface area contributed by atoms with Crippen LogP contribution >= 0.6 is 0 Å². The summed E-state index contributed by atoms with van der Waals surface area (Å²) in [6, 6.07) is 0.521. The number of hydrogen-bond acceptors (Lipinski definition) is 4. The molecular formula is C14H26N2O3S. The minimum Gasteiger partial charge on any atom is -0.377 e. The fourth-order valence-corrected chi connectivity index (χ4v) is 5.82. The highest BCUT2D eigenvalue weighted by Crippen LogP contribution is 2.28. The van der Waals surface area contributed by atoms with E-state index in [1.165, 1.54) is 6.42 Å². The van der Waals surface area contributed by atoms with Gasteiger partial charge >= 0.3 is 0 Å². The minimum atomic E-state index is -3.19.